The Kier molecular flexibility index (Phi) is 5.89. The van der Waals surface area contributed by atoms with Crippen molar-refractivity contribution in [3.63, 3.8) is 0 Å². The Hall–Kier alpha value is -3.15. The number of hydrogen-bond acceptors (Lipinski definition) is 4. The Morgan fingerprint density at radius 3 is 2.69 bits per heavy atom. The minimum absolute atomic E-state index is 0.181. The molecule has 1 atom stereocenters. The van der Waals surface area contributed by atoms with Crippen LogP contribution >= 0.6 is 0 Å². The number of benzene rings is 2. The van der Waals surface area contributed by atoms with Crippen molar-refractivity contribution in [3.8, 4) is 0 Å². The Balaban J connectivity index is 1.34. The number of fused-ring (bicyclic) bond motifs is 1. The van der Waals surface area contributed by atoms with Gasteiger partial charge in [-0.05, 0) is 36.8 Å². The van der Waals surface area contributed by atoms with E-state index in [1.54, 1.807) is 6.07 Å². The summed E-state index contributed by atoms with van der Waals surface area (Å²) < 4.78 is 0. The summed E-state index contributed by atoms with van der Waals surface area (Å²) in [6, 6.07) is 17.6. The topological polar surface area (TPSA) is 78.1 Å². The fourth-order valence-electron chi connectivity index (χ4n) is 4.00. The van der Waals surface area contributed by atoms with Crippen molar-refractivity contribution >= 4 is 22.5 Å². The number of nitrogens with zero attached hydrogens (tertiary/aromatic N) is 2. The normalized spacial score (nSPS) is 16.7. The van der Waals surface area contributed by atoms with Gasteiger partial charge in [-0.2, -0.15) is 5.10 Å². The van der Waals surface area contributed by atoms with Gasteiger partial charge in [0, 0.05) is 31.4 Å². The van der Waals surface area contributed by atoms with E-state index in [4.69, 9.17) is 0 Å². The first-order chi connectivity index (χ1) is 14.2. The molecule has 2 heterocycles. The van der Waals surface area contributed by atoms with E-state index < -0.39 is 0 Å². The number of piperidine rings is 1. The summed E-state index contributed by atoms with van der Waals surface area (Å²) in [5.74, 6) is 1.29. The molecule has 2 N–H and O–H groups in total. The van der Waals surface area contributed by atoms with E-state index >= 15 is 0 Å². The summed E-state index contributed by atoms with van der Waals surface area (Å²) in [4.78, 5) is 26.6. The molecule has 150 valence electrons. The first-order valence-corrected chi connectivity index (χ1v) is 10.2. The molecule has 1 aliphatic rings. The van der Waals surface area contributed by atoms with Crippen LogP contribution < -0.4 is 10.9 Å². The number of carbonyl (C=O) groups excluding carboxylic acids is 1. The van der Waals surface area contributed by atoms with Crippen molar-refractivity contribution < 1.29 is 4.79 Å². The van der Waals surface area contributed by atoms with E-state index in [0.29, 0.717) is 23.5 Å². The number of H-pyrrole nitrogens is 1. The van der Waals surface area contributed by atoms with Gasteiger partial charge in [0.25, 0.3) is 5.56 Å². The lowest BCUT2D eigenvalue weighted by molar-refractivity contribution is -0.132. The molecule has 1 unspecified atom stereocenters. The van der Waals surface area contributed by atoms with Crippen LogP contribution in [0.1, 0.15) is 24.8 Å². The van der Waals surface area contributed by atoms with E-state index in [0.717, 1.165) is 44.3 Å². The fraction of sp³-hybridized carbons (Fsp3) is 0.348. The maximum atomic E-state index is 12.7. The fourth-order valence-corrected chi connectivity index (χ4v) is 4.00. The maximum Gasteiger partial charge on any atom is 0.272 e. The van der Waals surface area contributed by atoms with Gasteiger partial charge in [-0.3, -0.25) is 9.59 Å². The zero-order valence-electron chi connectivity index (χ0n) is 16.4. The number of rotatable bonds is 6. The van der Waals surface area contributed by atoms with Gasteiger partial charge in [0.2, 0.25) is 5.91 Å². The van der Waals surface area contributed by atoms with Gasteiger partial charge in [-0.1, -0.05) is 48.5 Å². The van der Waals surface area contributed by atoms with E-state index in [-0.39, 0.29) is 11.5 Å². The molecule has 0 aliphatic carbocycles. The van der Waals surface area contributed by atoms with E-state index in [1.165, 1.54) is 5.56 Å². The summed E-state index contributed by atoms with van der Waals surface area (Å²) in [5.41, 5.74) is 1.02. The average Bonchev–Trinajstić information content (AvgIpc) is 2.78. The summed E-state index contributed by atoms with van der Waals surface area (Å²) >= 11 is 0. The van der Waals surface area contributed by atoms with Gasteiger partial charge in [-0.15, -0.1) is 0 Å². The molecule has 2 aromatic carbocycles. The summed E-state index contributed by atoms with van der Waals surface area (Å²) in [7, 11) is 0. The smallest absolute Gasteiger partial charge is 0.272 e. The molecule has 1 aromatic heterocycles. The highest BCUT2D eigenvalue weighted by Gasteiger charge is 2.23. The number of anilines is 1. The maximum absolute atomic E-state index is 12.7. The molecule has 0 bridgehead atoms. The lowest BCUT2D eigenvalue weighted by Crippen LogP contribution is -2.42. The molecular formula is C23H26N4O2. The number of amides is 1. The second kappa shape index (κ2) is 8.90. The molecule has 29 heavy (non-hydrogen) atoms. The van der Waals surface area contributed by atoms with Crippen LogP contribution in [0, 0.1) is 5.92 Å². The number of nitrogens with one attached hydrogen (secondary N) is 2. The van der Waals surface area contributed by atoms with Crippen molar-refractivity contribution in [1.29, 1.82) is 0 Å². The Morgan fingerprint density at radius 1 is 1.10 bits per heavy atom. The third-order valence-electron chi connectivity index (χ3n) is 5.60. The van der Waals surface area contributed by atoms with Crippen LogP contribution in [0.5, 0.6) is 0 Å². The second-order valence-corrected chi connectivity index (χ2v) is 7.66. The third kappa shape index (κ3) is 4.65. The van der Waals surface area contributed by atoms with Crippen LogP contribution in [0.15, 0.2) is 59.4 Å². The van der Waals surface area contributed by atoms with Gasteiger partial charge in [-0.25, -0.2) is 5.10 Å². The summed E-state index contributed by atoms with van der Waals surface area (Å²) in [6.45, 7) is 2.33. The molecule has 1 fully saturated rings. The zero-order valence-corrected chi connectivity index (χ0v) is 16.4. The largest absolute Gasteiger partial charge is 0.368 e. The van der Waals surface area contributed by atoms with Gasteiger partial charge >= 0.3 is 0 Å². The van der Waals surface area contributed by atoms with Crippen molar-refractivity contribution in [2.45, 2.75) is 25.7 Å². The van der Waals surface area contributed by atoms with Gasteiger partial charge in [0.1, 0.15) is 0 Å². The number of hydrogen-bond donors (Lipinski definition) is 2. The minimum Gasteiger partial charge on any atom is -0.368 e. The Labute approximate surface area is 169 Å². The highest BCUT2D eigenvalue weighted by molar-refractivity contribution is 5.90. The van der Waals surface area contributed by atoms with Crippen molar-refractivity contribution in [1.82, 2.24) is 15.1 Å². The van der Waals surface area contributed by atoms with Crippen LogP contribution in [0.2, 0.25) is 0 Å². The summed E-state index contributed by atoms with van der Waals surface area (Å²) in [5, 5.41) is 11.6. The highest BCUT2D eigenvalue weighted by Crippen LogP contribution is 2.21. The number of aromatic amines is 1. The molecule has 1 saturated heterocycles. The molecule has 0 radical (unpaired) electrons. The molecule has 3 aromatic rings. The van der Waals surface area contributed by atoms with E-state index in [9.17, 15) is 9.59 Å². The quantitative estimate of drug-likeness (QED) is 0.678. The lowest BCUT2D eigenvalue weighted by atomic mass is 9.97. The SMILES string of the molecule is O=C(CCc1ccccc1)N1CCCC(CNc2n[nH]c(=O)c3ccccc23)C1. The standard InChI is InChI=1S/C23H26N4O2/c28-21(13-12-17-7-2-1-3-8-17)27-14-6-9-18(16-27)15-24-22-19-10-4-5-11-20(19)23(29)26-25-22/h1-5,7-8,10-11,18H,6,9,12-16H2,(H,24,25)(H,26,29). The summed E-state index contributed by atoms with van der Waals surface area (Å²) in [6.07, 6.45) is 3.43. The number of aryl methyl sites for hydroxylation is 1. The van der Waals surface area contributed by atoms with Crippen LogP contribution in [0.4, 0.5) is 5.82 Å². The second-order valence-electron chi connectivity index (χ2n) is 7.66. The van der Waals surface area contributed by atoms with Crippen LogP contribution in [0.3, 0.4) is 0 Å². The number of likely N-dealkylation sites (tertiary alicyclic amines) is 1. The van der Waals surface area contributed by atoms with E-state index in [2.05, 4.69) is 27.6 Å². The lowest BCUT2D eigenvalue weighted by Gasteiger charge is -2.33. The molecule has 1 aliphatic heterocycles. The highest BCUT2D eigenvalue weighted by atomic mass is 16.2. The van der Waals surface area contributed by atoms with Gasteiger partial charge < -0.3 is 10.2 Å². The third-order valence-corrected chi connectivity index (χ3v) is 5.60. The molecule has 1 amide bonds. The van der Waals surface area contributed by atoms with Crippen molar-refractivity contribution in [3.05, 3.63) is 70.5 Å². The monoisotopic (exact) mass is 390 g/mol. The van der Waals surface area contributed by atoms with Crippen molar-refractivity contribution in [2.75, 3.05) is 25.0 Å². The van der Waals surface area contributed by atoms with Gasteiger partial charge in [0.15, 0.2) is 5.82 Å². The van der Waals surface area contributed by atoms with Crippen LogP contribution in [-0.4, -0.2) is 40.6 Å². The number of aromatic nitrogens is 2. The first kappa shape index (κ1) is 19.2. The molecule has 0 saturated carbocycles. The first-order valence-electron chi connectivity index (χ1n) is 10.2. The number of carbonyl (C=O) groups is 1. The Morgan fingerprint density at radius 2 is 1.86 bits per heavy atom. The van der Waals surface area contributed by atoms with Gasteiger partial charge in [0.05, 0.1) is 5.39 Å². The minimum atomic E-state index is -0.181. The van der Waals surface area contributed by atoms with Crippen LogP contribution in [0.25, 0.3) is 10.8 Å². The zero-order chi connectivity index (χ0) is 20.1. The predicted molar refractivity (Wildman–Crippen MR) is 115 cm³/mol. The molecule has 6 nitrogen and oxygen atoms in total. The van der Waals surface area contributed by atoms with E-state index in [1.807, 2.05) is 41.3 Å². The molecular weight excluding hydrogens is 364 g/mol. The molecule has 0 spiro atoms. The molecule has 4 rings (SSSR count). The molecule has 6 heteroatoms. The predicted octanol–water partition coefficient (Wildman–Crippen LogP) is 3.21. The van der Waals surface area contributed by atoms with Crippen molar-refractivity contribution in [2.24, 2.45) is 5.92 Å². The average molecular weight is 390 g/mol. The van der Waals surface area contributed by atoms with Crippen LogP contribution in [-0.2, 0) is 11.2 Å². The Bertz CT molecular complexity index is 1030.